The topological polar surface area (TPSA) is 46.5 Å². The molecule has 1 N–H and O–H groups in total. The first-order chi connectivity index (χ1) is 6.66. The number of aliphatic hydroxyl groups excluding tert-OH is 1. The normalized spacial score (nSPS) is 11.8. The quantitative estimate of drug-likeness (QED) is 0.383. The molecule has 0 aliphatic carbocycles. The largest absolute Gasteiger partial charge is 0.452 e. The molecule has 0 aromatic carbocycles. The lowest BCUT2D eigenvalue weighted by atomic mass is 10.1. The molecule has 3 heteroatoms. The third-order valence-electron chi connectivity index (χ3n) is 1.82. The average Bonchev–Trinajstić information content (AvgIpc) is 2.13. The maximum atomic E-state index is 10.9. The van der Waals surface area contributed by atoms with Crippen LogP contribution < -0.4 is 0 Å². The Bertz CT molecular complexity index is 191. The van der Waals surface area contributed by atoms with Gasteiger partial charge in [0, 0.05) is 6.42 Å². The fraction of sp³-hybridized carbons (Fsp3) is 0.727. The number of carbonyl (C=O) groups excluding carboxylic acids is 1. The molecular formula is C11H18O3. The van der Waals surface area contributed by atoms with Crippen LogP contribution in [-0.2, 0) is 9.53 Å². The summed E-state index contributed by atoms with van der Waals surface area (Å²) in [6.07, 6.45) is 8.58. The highest BCUT2D eigenvalue weighted by atomic mass is 16.5. The zero-order valence-corrected chi connectivity index (χ0v) is 8.66. The van der Waals surface area contributed by atoms with Crippen molar-refractivity contribution in [2.45, 2.75) is 45.1 Å². The summed E-state index contributed by atoms with van der Waals surface area (Å²) in [6.45, 7) is 1.83. The number of hydrogen-bond acceptors (Lipinski definition) is 3. The minimum Gasteiger partial charge on any atom is -0.452 e. The standard InChI is InChI=1S/C11H18O3/c1-3-9-14-11(13)8-6-4-5-7-10(2)12/h1,10,12H,4-9H2,2H3. The van der Waals surface area contributed by atoms with Crippen LogP contribution in [0.3, 0.4) is 0 Å². The van der Waals surface area contributed by atoms with E-state index in [-0.39, 0.29) is 18.7 Å². The Morgan fingerprint density at radius 2 is 2.21 bits per heavy atom. The van der Waals surface area contributed by atoms with Crippen molar-refractivity contribution in [1.29, 1.82) is 0 Å². The van der Waals surface area contributed by atoms with Crippen LogP contribution in [0.25, 0.3) is 0 Å². The van der Waals surface area contributed by atoms with E-state index in [4.69, 9.17) is 16.3 Å². The first kappa shape index (κ1) is 13.0. The van der Waals surface area contributed by atoms with E-state index in [0.717, 1.165) is 25.7 Å². The molecule has 0 saturated carbocycles. The van der Waals surface area contributed by atoms with Crippen LogP contribution in [0.1, 0.15) is 39.0 Å². The number of aliphatic hydroxyl groups is 1. The van der Waals surface area contributed by atoms with E-state index in [9.17, 15) is 4.79 Å². The summed E-state index contributed by atoms with van der Waals surface area (Å²) in [7, 11) is 0. The molecule has 0 aliphatic heterocycles. The number of ether oxygens (including phenoxy) is 1. The Morgan fingerprint density at radius 3 is 2.79 bits per heavy atom. The Morgan fingerprint density at radius 1 is 1.50 bits per heavy atom. The van der Waals surface area contributed by atoms with Crippen molar-refractivity contribution >= 4 is 5.97 Å². The molecule has 0 aromatic rings. The summed E-state index contributed by atoms with van der Waals surface area (Å²) < 4.78 is 4.69. The molecule has 0 bridgehead atoms. The van der Waals surface area contributed by atoms with Crippen molar-refractivity contribution in [2.75, 3.05) is 6.61 Å². The predicted octanol–water partition coefficient (Wildman–Crippen LogP) is 1.49. The maximum absolute atomic E-state index is 10.9. The molecule has 80 valence electrons. The molecule has 0 spiro atoms. The lowest BCUT2D eigenvalue weighted by Crippen LogP contribution is -2.04. The van der Waals surface area contributed by atoms with Gasteiger partial charge in [-0.3, -0.25) is 4.79 Å². The summed E-state index contributed by atoms with van der Waals surface area (Å²) >= 11 is 0. The van der Waals surface area contributed by atoms with Crippen LogP contribution in [0.15, 0.2) is 0 Å². The van der Waals surface area contributed by atoms with Gasteiger partial charge in [0.25, 0.3) is 0 Å². The second kappa shape index (κ2) is 8.58. The summed E-state index contributed by atoms with van der Waals surface area (Å²) in [5.41, 5.74) is 0. The zero-order valence-electron chi connectivity index (χ0n) is 8.66. The van der Waals surface area contributed by atoms with Gasteiger partial charge in [-0.1, -0.05) is 18.8 Å². The second-order valence-electron chi connectivity index (χ2n) is 3.31. The van der Waals surface area contributed by atoms with Gasteiger partial charge in [0.1, 0.15) is 0 Å². The Kier molecular flexibility index (Phi) is 7.96. The van der Waals surface area contributed by atoms with Crippen LogP contribution in [0, 0.1) is 12.3 Å². The average molecular weight is 198 g/mol. The van der Waals surface area contributed by atoms with Crippen molar-refractivity contribution in [2.24, 2.45) is 0 Å². The van der Waals surface area contributed by atoms with Crippen LogP contribution in [0.5, 0.6) is 0 Å². The summed E-state index contributed by atoms with van der Waals surface area (Å²) in [6, 6.07) is 0. The van der Waals surface area contributed by atoms with Gasteiger partial charge in [0.05, 0.1) is 6.10 Å². The molecule has 3 nitrogen and oxygen atoms in total. The van der Waals surface area contributed by atoms with E-state index in [2.05, 4.69) is 5.92 Å². The van der Waals surface area contributed by atoms with Crippen molar-refractivity contribution in [3.63, 3.8) is 0 Å². The van der Waals surface area contributed by atoms with Gasteiger partial charge in [0.15, 0.2) is 6.61 Å². The van der Waals surface area contributed by atoms with Gasteiger partial charge in [-0.25, -0.2) is 0 Å². The number of hydrogen-bond donors (Lipinski definition) is 1. The predicted molar refractivity (Wildman–Crippen MR) is 54.6 cm³/mol. The van der Waals surface area contributed by atoms with Crippen molar-refractivity contribution in [3.8, 4) is 12.3 Å². The SMILES string of the molecule is C#CCOC(=O)CCCCCC(C)O. The molecule has 1 atom stereocenters. The molecule has 0 heterocycles. The number of carbonyl (C=O) groups is 1. The summed E-state index contributed by atoms with van der Waals surface area (Å²) in [5, 5.41) is 8.96. The number of unbranched alkanes of at least 4 members (excludes halogenated alkanes) is 2. The molecule has 0 saturated heterocycles. The molecule has 0 aliphatic rings. The number of rotatable bonds is 7. The fourth-order valence-electron chi connectivity index (χ4n) is 1.08. The van der Waals surface area contributed by atoms with E-state index in [1.54, 1.807) is 6.92 Å². The summed E-state index contributed by atoms with van der Waals surface area (Å²) in [5.74, 6) is 2.00. The van der Waals surface area contributed by atoms with Gasteiger partial charge >= 0.3 is 5.97 Å². The third-order valence-corrected chi connectivity index (χ3v) is 1.82. The highest BCUT2D eigenvalue weighted by molar-refractivity contribution is 5.69. The van der Waals surface area contributed by atoms with Gasteiger partial charge in [-0.2, -0.15) is 0 Å². The fourth-order valence-corrected chi connectivity index (χ4v) is 1.08. The van der Waals surface area contributed by atoms with E-state index >= 15 is 0 Å². The first-order valence-electron chi connectivity index (χ1n) is 4.94. The van der Waals surface area contributed by atoms with Crippen LogP contribution in [-0.4, -0.2) is 23.8 Å². The van der Waals surface area contributed by atoms with E-state index in [0.29, 0.717) is 6.42 Å². The van der Waals surface area contributed by atoms with Gasteiger partial charge in [0.2, 0.25) is 0 Å². The van der Waals surface area contributed by atoms with Crippen LogP contribution in [0.4, 0.5) is 0 Å². The second-order valence-corrected chi connectivity index (χ2v) is 3.31. The first-order valence-corrected chi connectivity index (χ1v) is 4.94. The zero-order chi connectivity index (χ0) is 10.8. The molecule has 1 unspecified atom stereocenters. The molecule has 0 rings (SSSR count). The highest BCUT2D eigenvalue weighted by Gasteiger charge is 2.01. The van der Waals surface area contributed by atoms with E-state index < -0.39 is 0 Å². The minimum absolute atomic E-state index is 0.0620. The maximum Gasteiger partial charge on any atom is 0.306 e. The molecule has 0 amide bonds. The van der Waals surface area contributed by atoms with Crippen LogP contribution >= 0.6 is 0 Å². The van der Waals surface area contributed by atoms with Gasteiger partial charge < -0.3 is 9.84 Å². The molecule has 14 heavy (non-hydrogen) atoms. The Labute approximate surface area is 85.5 Å². The number of terminal acetylenes is 1. The third kappa shape index (κ3) is 9.08. The summed E-state index contributed by atoms with van der Waals surface area (Å²) in [4.78, 5) is 10.9. The van der Waals surface area contributed by atoms with E-state index in [1.165, 1.54) is 0 Å². The highest BCUT2D eigenvalue weighted by Crippen LogP contribution is 2.05. The van der Waals surface area contributed by atoms with Crippen molar-refractivity contribution in [3.05, 3.63) is 0 Å². The monoisotopic (exact) mass is 198 g/mol. The molecular weight excluding hydrogens is 180 g/mol. The minimum atomic E-state index is -0.247. The van der Waals surface area contributed by atoms with E-state index in [1.807, 2.05) is 0 Å². The Balaban J connectivity index is 3.20. The molecule has 0 fully saturated rings. The molecule has 0 radical (unpaired) electrons. The molecule has 0 aromatic heterocycles. The number of esters is 1. The van der Waals surface area contributed by atoms with Gasteiger partial charge in [-0.15, -0.1) is 6.42 Å². The lowest BCUT2D eigenvalue weighted by molar-refractivity contribution is -0.142. The van der Waals surface area contributed by atoms with Crippen molar-refractivity contribution in [1.82, 2.24) is 0 Å². The smallest absolute Gasteiger partial charge is 0.306 e. The van der Waals surface area contributed by atoms with Crippen molar-refractivity contribution < 1.29 is 14.6 Å². The lowest BCUT2D eigenvalue weighted by Gasteiger charge is -2.03. The Hall–Kier alpha value is -1.01. The van der Waals surface area contributed by atoms with Crippen LogP contribution in [0.2, 0.25) is 0 Å². The van der Waals surface area contributed by atoms with Gasteiger partial charge in [-0.05, 0) is 19.8 Å².